The largest absolute Gasteiger partial charge is 0.399 e. The molecule has 2 aliphatic rings. The zero-order chi connectivity index (χ0) is 16.1. The number of likely N-dealkylation sites (tertiary alicyclic amines) is 1. The highest BCUT2D eigenvalue weighted by Gasteiger charge is 2.28. The highest BCUT2D eigenvalue weighted by Crippen LogP contribution is 2.30. The van der Waals surface area contributed by atoms with Gasteiger partial charge in [-0.3, -0.25) is 0 Å². The van der Waals surface area contributed by atoms with Gasteiger partial charge in [-0.25, -0.2) is 4.31 Å². The normalized spacial score (nSPS) is 22.0. The van der Waals surface area contributed by atoms with Crippen LogP contribution in [0.5, 0.6) is 0 Å². The second kappa shape index (κ2) is 8.10. The minimum absolute atomic E-state index is 0.760. The average molecular weight is 330 g/mol. The van der Waals surface area contributed by atoms with Crippen molar-refractivity contribution < 1.29 is 0 Å². The van der Waals surface area contributed by atoms with Gasteiger partial charge in [0.1, 0.15) is 0 Å². The van der Waals surface area contributed by atoms with Crippen LogP contribution >= 0.6 is 11.9 Å². The molecule has 0 aromatic heterocycles. The van der Waals surface area contributed by atoms with Gasteiger partial charge in [0.15, 0.2) is 0 Å². The highest BCUT2D eigenvalue weighted by molar-refractivity contribution is 7.97. The molecule has 0 spiro atoms. The summed E-state index contributed by atoms with van der Waals surface area (Å²) < 4.78 is 2.48. The number of hydrogen-bond acceptors (Lipinski definition) is 4. The fourth-order valence-corrected chi connectivity index (χ4v) is 4.73. The van der Waals surface area contributed by atoms with Crippen LogP contribution in [-0.4, -0.2) is 41.4 Å². The van der Waals surface area contributed by atoms with E-state index in [1.165, 1.54) is 43.7 Å². The Kier molecular flexibility index (Phi) is 5.88. The quantitative estimate of drug-likeness (QED) is 0.521. The Morgan fingerprint density at radius 2 is 1.87 bits per heavy atom. The summed E-state index contributed by atoms with van der Waals surface area (Å²) in [5.41, 5.74) is 6.71. The molecule has 0 atom stereocenters. The number of nitrogens with zero attached hydrogens (tertiary/aromatic N) is 2. The summed E-state index contributed by atoms with van der Waals surface area (Å²) in [6.07, 6.45) is 11.5. The van der Waals surface area contributed by atoms with Crippen molar-refractivity contribution in [2.24, 2.45) is 5.92 Å². The molecule has 0 saturated carbocycles. The molecule has 0 amide bonds. The van der Waals surface area contributed by atoms with Gasteiger partial charge in [0, 0.05) is 36.1 Å². The molecule has 2 saturated heterocycles. The molecule has 2 aliphatic heterocycles. The molecule has 0 radical (unpaired) electrons. The minimum atomic E-state index is 0.760. The molecule has 1 aromatic rings. The van der Waals surface area contributed by atoms with E-state index in [1.807, 2.05) is 24.1 Å². The lowest BCUT2D eigenvalue weighted by Crippen LogP contribution is -2.46. The number of rotatable bonds is 4. The molecular formula is C19H27N3S. The lowest BCUT2D eigenvalue weighted by atomic mass is 9.92. The van der Waals surface area contributed by atoms with Gasteiger partial charge in [-0.1, -0.05) is 6.07 Å². The molecule has 3 rings (SSSR count). The van der Waals surface area contributed by atoms with Crippen molar-refractivity contribution >= 4 is 17.6 Å². The van der Waals surface area contributed by atoms with E-state index in [1.54, 1.807) is 0 Å². The molecule has 0 bridgehead atoms. The van der Waals surface area contributed by atoms with Crippen molar-refractivity contribution in [2.75, 3.05) is 31.9 Å². The fourth-order valence-electron chi connectivity index (χ4n) is 3.71. The van der Waals surface area contributed by atoms with Crippen LogP contribution in [0.25, 0.3) is 0 Å². The first-order valence-corrected chi connectivity index (χ1v) is 9.48. The maximum absolute atomic E-state index is 5.87. The molecule has 1 aromatic carbocycles. The summed E-state index contributed by atoms with van der Waals surface area (Å²) in [7, 11) is 0. The first-order chi connectivity index (χ1) is 11.2. The number of nitrogens with two attached hydrogens (primary N) is 1. The van der Waals surface area contributed by atoms with Crippen molar-refractivity contribution in [3.8, 4) is 12.3 Å². The van der Waals surface area contributed by atoms with Gasteiger partial charge in [0.25, 0.3) is 0 Å². The lowest BCUT2D eigenvalue weighted by molar-refractivity contribution is 0.1000. The third-order valence-electron chi connectivity index (χ3n) is 5.09. The van der Waals surface area contributed by atoms with Gasteiger partial charge in [0.2, 0.25) is 0 Å². The Morgan fingerprint density at radius 1 is 1.13 bits per heavy atom. The molecule has 124 valence electrons. The number of piperidine rings is 2. The second-order valence-corrected chi connectivity index (χ2v) is 7.88. The predicted octanol–water partition coefficient (Wildman–Crippen LogP) is 3.48. The zero-order valence-corrected chi connectivity index (χ0v) is 14.6. The van der Waals surface area contributed by atoms with Crippen LogP contribution in [0.1, 0.15) is 32.1 Å². The monoisotopic (exact) mass is 329 g/mol. The van der Waals surface area contributed by atoms with Crippen molar-refractivity contribution in [3.05, 3.63) is 24.3 Å². The molecule has 4 heteroatoms. The van der Waals surface area contributed by atoms with E-state index in [0.717, 1.165) is 37.2 Å². The molecule has 3 nitrogen and oxygen atoms in total. The topological polar surface area (TPSA) is 32.5 Å². The van der Waals surface area contributed by atoms with Gasteiger partial charge >= 0.3 is 0 Å². The van der Waals surface area contributed by atoms with E-state index in [0.29, 0.717) is 0 Å². The molecule has 2 N–H and O–H groups in total. The second-order valence-electron chi connectivity index (χ2n) is 6.71. The number of benzene rings is 1. The van der Waals surface area contributed by atoms with Crippen molar-refractivity contribution in [1.29, 1.82) is 0 Å². The molecule has 0 aliphatic carbocycles. The molecule has 0 unspecified atom stereocenters. The summed E-state index contributed by atoms with van der Waals surface area (Å²) in [5.74, 6) is 3.59. The van der Waals surface area contributed by atoms with E-state index >= 15 is 0 Å². The lowest BCUT2D eigenvalue weighted by Gasteiger charge is -2.41. The molecule has 2 fully saturated rings. The Labute approximate surface area is 144 Å². The van der Waals surface area contributed by atoms with Crippen molar-refractivity contribution in [3.63, 3.8) is 0 Å². The standard InChI is InChI=1S/C19H27N3S/c1-2-4-16-7-11-21(12-8-16)18-9-13-22(14-10-18)23-19-6-3-5-17(20)15-19/h1,3,5-6,15-16,18H,4,7-14,20H2. The number of anilines is 1. The third-order valence-corrected chi connectivity index (χ3v) is 6.18. The zero-order valence-electron chi connectivity index (χ0n) is 13.8. The summed E-state index contributed by atoms with van der Waals surface area (Å²) in [5, 5.41) is 0. The van der Waals surface area contributed by atoms with Crippen LogP contribution in [0.4, 0.5) is 5.69 Å². The highest BCUT2D eigenvalue weighted by atomic mass is 32.2. The Hall–Kier alpha value is -1.15. The predicted molar refractivity (Wildman–Crippen MR) is 99.1 cm³/mol. The minimum Gasteiger partial charge on any atom is -0.399 e. The summed E-state index contributed by atoms with van der Waals surface area (Å²) >= 11 is 1.85. The number of nitrogen functional groups attached to an aromatic ring is 1. The van der Waals surface area contributed by atoms with Gasteiger partial charge < -0.3 is 10.6 Å². The SMILES string of the molecule is C#CCC1CCN(C2CCN(Sc3cccc(N)c3)CC2)CC1. The fraction of sp³-hybridized carbons (Fsp3) is 0.579. The first-order valence-electron chi connectivity index (χ1n) is 8.70. The first kappa shape index (κ1) is 16.7. The third kappa shape index (κ3) is 4.67. The maximum atomic E-state index is 5.87. The van der Waals surface area contributed by atoms with E-state index in [4.69, 9.17) is 12.2 Å². The van der Waals surface area contributed by atoms with E-state index in [-0.39, 0.29) is 0 Å². The Balaban J connectivity index is 1.43. The smallest absolute Gasteiger partial charge is 0.0325 e. The van der Waals surface area contributed by atoms with Gasteiger partial charge in [0.05, 0.1) is 0 Å². The van der Waals surface area contributed by atoms with Gasteiger partial charge in [-0.15, -0.1) is 12.3 Å². The summed E-state index contributed by atoms with van der Waals surface area (Å²) in [4.78, 5) is 3.95. The number of hydrogen-bond donors (Lipinski definition) is 1. The van der Waals surface area contributed by atoms with Crippen LogP contribution in [0.2, 0.25) is 0 Å². The van der Waals surface area contributed by atoms with Crippen molar-refractivity contribution in [2.45, 2.75) is 43.0 Å². The average Bonchev–Trinajstić information content (AvgIpc) is 2.57. The van der Waals surface area contributed by atoms with E-state index < -0.39 is 0 Å². The summed E-state index contributed by atoms with van der Waals surface area (Å²) in [6.45, 7) is 4.79. The van der Waals surface area contributed by atoms with E-state index in [2.05, 4.69) is 27.3 Å². The van der Waals surface area contributed by atoms with Crippen LogP contribution < -0.4 is 5.73 Å². The molecule has 23 heavy (non-hydrogen) atoms. The molecule has 2 heterocycles. The van der Waals surface area contributed by atoms with Crippen LogP contribution in [0.15, 0.2) is 29.2 Å². The van der Waals surface area contributed by atoms with Crippen LogP contribution in [0.3, 0.4) is 0 Å². The van der Waals surface area contributed by atoms with Crippen LogP contribution in [-0.2, 0) is 0 Å². The van der Waals surface area contributed by atoms with Crippen LogP contribution in [0, 0.1) is 18.3 Å². The Morgan fingerprint density at radius 3 is 2.52 bits per heavy atom. The molecular weight excluding hydrogens is 302 g/mol. The van der Waals surface area contributed by atoms with Gasteiger partial charge in [-0.05, 0) is 74.8 Å². The Bertz CT molecular complexity index is 538. The van der Waals surface area contributed by atoms with Gasteiger partial charge in [-0.2, -0.15) is 0 Å². The maximum Gasteiger partial charge on any atom is 0.0325 e. The van der Waals surface area contributed by atoms with E-state index in [9.17, 15) is 0 Å². The van der Waals surface area contributed by atoms with Crippen molar-refractivity contribution in [1.82, 2.24) is 9.21 Å². The summed E-state index contributed by atoms with van der Waals surface area (Å²) in [6, 6.07) is 8.95. The number of terminal acetylenes is 1.